The Balaban J connectivity index is 2.34. The largest absolute Gasteiger partial charge is 0.287 e. The first-order valence-electron chi connectivity index (χ1n) is 4.89. The summed E-state index contributed by atoms with van der Waals surface area (Å²) in [6, 6.07) is 12.2. The molecule has 3 rings (SSSR count). The molecule has 0 aliphatic carbocycles. The molecule has 0 N–H and O–H groups in total. The van der Waals surface area contributed by atoms with Crippen molar-refractivity contribution in [3.05, 3.63) is 53.4 Å². The molecular weight excluding hydrogens is 266 g/mol. The topological polar surface area (TPSA) is 30.2 Å². The summed E-state index contributed by atoms with van der Waals surface area (Å²) in [5, 5.41) is 8.05. The highest BCUT2D eigenvalue weighted by Crippen LogP contribution is 2.26. The van der Waals surface area contributed by atoms with Crippen LogP contribution in [0.25, 0.3) is 16.8 Å². The second kappa shape index (κ2) is 3.72. The van der Waals surface area contributed by atoms with Crippen molar-refractivity contribution in [3.8, 4) is 11.1 Å². The van der Waals surface area contributed by atoms with Gasteiger partial charge in [-0.3, -0.25) is 4.40 Å². The van der Waals surface area contributed by atoms with Crippen LogP contribution in [0.4, 0.5) is 0 Å². The number of aromatic nitrogens is 3. The lowest BCUT2D eigenvalue weighted by atomic mass is 10.1. The zero-order chi connectivity index (χ0) is 11.0. The Morgan fingerprint density at radius 1 is 1.12 bits per heavy atom. The van der Waals surface area contributed by atoms with Gasteiger partial charge in [0.05, 0.1) is 0 Å². The van der Waals surface area contributed by atoms with E-state index in [-0.39, 0.29) is 0 Å². The van der Waals surface area contributed by atoms with Gasteiger partial charge in [-0.2, -0.15) is 0 Å². The molecule has 3 nitrogen and oxygen atoms in total. The van der Waals surface area contributed by atoms with E-state index in [1.54, 1.807) is 6.33 Å². The van der Waals surface area contributed by atoms with Crippen LogP contribution in [0, 0.1) is 0 Å². The summed E-state index contributed by atoms with van der Waals surface area (Å²) >= 11 is 3.49. The maximum Gasteiger partial charge on any atom is 0.168 e. The van der Waals surface area contributed by atoms with Crippen molar-refractivity contribution in [2.24, 2.45) is 0 Å². The van der Waals surface area contributed by atoms with E-state index in [2.05, 4.69) is 44.3 Å². The van der Waals surface area contributed by atoms with Crippen LogP contribution in [-0.2, 0) is 0 Å². The van der Waals surface area contributed by atoms with Gasteiger partial charge in [-0.05, 0) is 27.6 Å². The number of benzene rings is 1. The van der Waals surface area contributed by atoms with Crippen LogP contribution >= 0.6 is 15.9 Å². The van der Waals surface area contributed by atoms with Gasteiger partial charge in [0.1, 0.15) is 6.33 Å². The lowest BCUT2D eigenvalue weighted by Crippen LogP contribution is -1.88. The number of rotatable bonds is 1. The summed E-state index contributed by atoms with van der Waals surface area (Å²) in [5.74, 6) is 0. The van der Waals surface area contributed by atoms with E-state index < -0.39 is 0 Å². The maximum atomic E-state index is 4.13. The lowest BCUT2D eigenvalue weighted by molar-refractivity contribution is 1.10. The summed E-state index contributed by atoms with van der Waals surface area (Å²) in [6.07, 6.45) is 3.65. The molecule has 0 radical (unpaired) electrons. The molecule has 4 heteroatoms. The fourth-order valence-corrected chi connectivity index (χ4v) is 2.18. The van der Waals surface area contributed by atoms with Gasteiger partial charge in [0.2, 0.25) is 0 Å². The highest BCUT2D eigenvalue weighted by Gasteiger charge is 2.06. The van der Waals surface area contributed by atoms with Gasteiger partial charge >= 0.3 is 0 Å². The second-order valence-corrected chi connectivity index (χ2v) is 4.42. The van der Waals surface area contributed by atoms with Crippen LogP contribution in [0.3, 0.4) is 0 Å². The fourth-order valence-electron chi connectivity index (χ4n) is 1.73. The van der Waals surface area contributed by atoms with Crippen LogP contribution in [0.15, 0.2) is 53.4 Å². The molecule has 78 valence electrons. The van der Waals surface area contributed by atoms with Crippen LogP contribution in [0.1, 0.15) is 0 Å². The molecule has 0 fully saturated rings. The van der Waals surface area contributed by atoms with Crippen molar-refractivity contribution in [1.82, 2.24) is 14.6 Å². The fraction of sp³-hybridized carbons (Fsp3) is 0. The summed E-state index contributed by atoms with van der Waals surface area (Å²) in [4.78, 5) is 0. The summed E-state index contributed by atoms with van der Waals surface area (Å²) in [7, 11) is 0. The van der Waals surface area contributed by atoms with Crippen LogP contribution in [-0.4, -0.2) is 14.6 Å². The molecule has 2 heterocycles. The van der Waals surface area contributed by atoms with E-state index in [0.717, 1.165) is 21.2 Å². The quantitative estimate of drug-likeness (QED) is 0.682. The molecule has 0 saturated carbocycles. The molecule has 1 aromatic carbocycles. The standard InChI is InChI=1S/C12H8BrN3/c13-10-6-11(9-4-2-1-3-5-9)12-15-14-8-16(12)7-10/h1-8H. The van der Waals surface area contributed by atoms with Gasteiger partial charge in [-0.15, -0.1) is 10.2 Å². The van der Waals surface area contributed by atoms with Crippen molar-refractivity contribution < 1.29 is 0 Å². The van der Waals surface area contributed by atoms with Gasteiger partial charge < -0.3 is 0 Å². The average molecular weight is 274 g/mol. The van der Waals surface area contributed by atoms with Crippen molar-refractivity contribution in [2.45, 2.75) is 0 Å². The molecule has 0 aliphatic rings. The predicted molar refractivity (Wildman–Crippen MR) is 66.1 cm³/mol. The van der Waals surface area contributed by atoms with E-state index in [0.29, 0.717) is 0 Å². The molecule has 0 saturated heterocycles. The van der Waals surface area contributed by atoms with Crippen molar-refractivity contribution >= 4 is 21.6 Å². The molecule has 0 spiro atoms. The number of fused-ring (bicyclic) bond motifs is 1. The van der Waals surface area contributed by atoms with Crippen LogP contribution in [0.2, 0.25) is 0 Å². The Morgan fingerprint density at radius 2 is 1.94 bits per heavy atom. The third-order valence-corrected chi connectivity index (χ3v) is 2.88. The Hall–Kier alpha value is -1.68. The minimum atomic E-state index is 0.870. The number of hydrogen-bond acceptors (Lipinski definition) is 2. The van der Waals surface area contributed by atoms with Gasteiger partial charge in [-0.25, -0.2) is 0 Å². The van der Waals surface area contributed by atoms with Crippen molar-refractivity contribution in [3.63, 3.8) is 0 Å². The SMILES string of the molecule is Brc1cc(-c2ccccc2)c2nncn2c1. The van der Waals surface area contributed by atoms with Crippen molar-refractivity contribution in [2.75, 3.05) is 0 Å². The van der Waals surface area contributed by atoms with Gasteiger partial charge in [0.25, 0.3) is 0 Å². The molecule has 3 aromatic rings. The third kappa shape index (κ3) is 1.51. The highest BCUT2D eigenvalue weighted by molar-refractivity contribution is 9.10. The zero-order valence-electron chi connectivity index (χ0n) is 8.34. The number of pyridine rings is 1. The molecule has 0 amide bonds. The van der Waals surface area contributed by atoms with E-state index in [1.807, 2.05) is 28.8 Å². The number of nitrogens with zero attached hydrogens (tertiary/aromatic N) is 3. The van der Waals surface area contributed by atoms with E-state index in [9.17, 15) is 0 Å². The Kier molecular flexibility index (Phi) is 2.22. The Morgan fingerprint density at radius 3 is 2.75 bits per heavy atom. The van der Waals surface area contributed by atoms with Gasteiger partial charge in [0.15, 0.2) is 5.65 Å². The molecular formula is C12H8BrN3. The van der Waals surface area contributed by atoms with E-state index in [4.69, 9.17) is 0 Å². The lowest BCUT2D eigenvalue weighted by Gasteiger charge is -2.04. The Bertz CT molecular complexity index is 631. The maximum absolute atomic E-state index is 4.13. The number of hydrogen-bond donors (Lipinski definition) is 0. The van der Waals surface area contributed by atoms with E-state index in [1.165, 1.54) is 0 Å². The minimum Gasteiger partial charge on any atom is -0.287 e. The summed E-state index contributed by atoms with van der Waals surface area (Å²) in [6.45, 7) is 0. The molecule has 16 heavy (non-hydrogen) atoms. The smallest absolute Gasteiger partial charge is 0.168 e. The summed E-state index contributed by atoms with van der Waals surface area (Å²) < 4.78 is 2.92. The molecule has 0 unspecified atom stereocenters. The van der Waals surface area contributed by atoms with Crippen LogP contribution < -0.4 is 0 Å². The number of halogens is 1. The second-order valence-electron chi connectivity index (χ2n) is 3.50. The summed E-state index contributed by atoms with van der Waals surface area (Å²) in [5.41, 5.74) is 3.09. The zero-order valence-corrected chi connectivity index (χ0v) is 9.92. The minimum absolute atomic E-state index is 0.870. The van der Waals surface area contributed by atoms with Gasteiger partial charge in [-0.1, -0.05) is 30.3 Å². The first kappa shape index (κ1) is 9.54. The van der Waals surface area contributed by atoms with Crippen LogP contribution in [0.5, 0.6) is 0 Å². The average Bonchev–Trinajstić information content (AvgIpc) is 2.77. The highest BCUT2D eigenvalue weighted by atomic mass is 79.9. The first-order chi connectivity index (χ1) is 7.84. The molecule has 0 bridgehead atoms. The Labute approximate surface area is 101 Å². The first-order valence-corrected chi connectivity index (χ1v) is 5.68. The predicted octanol–water partition coefficient (Wildman–Crippen LogP) is 3.16. The van der Waals surface area contributed by atoms with Gasteiger partial charge in [0, 0.05) is 16.2 Å². The molecule has 2 aromatic heterocycles. The molecule has 0 atom stereocenters. The normalized spacial score (nSPS) is 10.8. The third-order valence-electron chi connectivity index (χ3n) is 2.44. The molecule has 0 aliphatic heterocycles. The van der Waals surface area contributed by atoms with Crippen molar-refractivity contribution in [1.29, 1.82) is 0 Å². The monoisotopic (exact) mass is 273 g/mol. The van der Waals surface area contributed by atoms with E-state index >= 15 is 0 Å².